The Morgan fingerprint density at radius 1 is 1.75 bits per heavy atom. The molecule has 8 heavy (non-hydrogen) atoms. The molecule has 0 amide bonds. The van der Waals surface area contributed by atoms with Crippen molar-refractivity contribution in [2.75, 3.05) is 20.1 Å². The summed E-state index contributed by atoms with van der Waals surface area (Å²) in [6.45, 7) is 6.21. The maximum atomic E-state index is 3.75. The quantitative estimate of drug-likeness (QED) is 0.458. The molecule has 1 unspecified atom stereocenters. The minimum atomic E-state index is 0.764. The molecule has 1 heterocycles. The average Bonchev–Trinajstić information content (AvgIpc) is 2.14. The van der Waals surface area contributed by atoms with Gasteiger partial charge in [0.05, 0.1) is 0 Å². The molecule has 1 saturated heterocycles. The maximum Gasteiger partial charge on any atom is 0.00417 e. The summed E-state index contributed by atoms with van der Waals surface area (Å²) in [4.78, 5) is 2.34. The van der Waals surface area contributed by atoms with E-state index in [9.17, 15) is 0 Å². The highest BCUT2D eigenvalue weighted by Gasteiger charge is 2.14. The molecule has 1 aliphatic heterocycles. The highest BCUT2D eigenvalue weighted by atomic mass is 15.1. The van der Waals surface area contributed by atoms with Crippen LogP contribution in [0.15, 0.2) is 12.7 Å². The molecule has 0 bridgehead atoms. The molecular weight excluding hydrogens is 98.1 g/mol. The molecule has 0 spiro atoms. The van der Waals surface area contributed by atoms with Crippen molar-refractivity contribution in [3.8, 4) is 0 Å². The fourth-order valence-corrected chi connectivity index (χ4v) is 1.16. The van der Waals surface area contributed by atoms with Gasteiger partial charge in [0.25, 0.3) is 0 Å². The summed E-state index contributed by atoms with van der Waals surface area (Å²) in [6.07, 6.45) is 3.36. The Kier molecular flexibility index (Phi) is 1.69. The molecule has 1 fully saturated rings. The van der Waals surface area contributed by atoms with Crippen molar-refractivity contribution >= 4 is 0 Å². The van der Waals surface area contributed by atoms with Gasteiger partial charge in [-0.05, 0) is 25.9 Å². The Hall–Kier alpha value is -0.300. The Morgan fingerprint density at radius 3 is 2.75 bits per heavy atom. The summed E-state index contributed by atoms with van der Waals surface area (Å²) >= 11 is 0. The number of likely N-dealkylation sites (tertiary alicyclic amines) is 1. The molecule has 46 valence electrons. The molecule has 0 saturated carbocycles. The number of hydrogen-bond acceptors (Lipinski definition) is 1. The van der Waals surface area contributed by atoms with Crippen molar-refractivity contribution in [2.24, 2.45) is 5.92 Å². The van der Waals surface area contributed by atoms with Crippen LogP contribution in [0.3, 0.4) is 0 Å². The Bertz CT molecular complexity index is 88.4. The second kappa shape index (κ2) is 2.31. The van der Waals surface area contributed by atoms with Crippen LogP contribution < -0.4 is 0 Å². The van der Waals surface area contributed by atoms with Crippen molar-refractivity contribution in [1.29, 1.82) is 0 Å². The van der Waals surface area contributed by atoms with Crippen molar-refractivity contribution in [2.45, 2.75) is 6.42 Å². The van der Waals surface area contributed by atoms with Crippen LogP contribution in [0.2, 0.25) is 0 Å². The van der Waals surface area contributed by atoms with E-state index in [1.54, 1.807) is 0 Å². The second-order valence-electron chi connectivity index (χ2n) is 2.55. The summed E-state index contributed by atoms with van der Waals surface area (Å²) in [7, 11) is 2.16. The zero-order valence-corrected chi connectivity index (χ0v) is 5.43. The van der Waals surface area contributed by atoms with E-state index in [1.807, 2.05) is 0 Å². The van der Waals surface area contributed by atoms with Crippen molar-refractivity contribution in [3.05, 3.63) is 12.7 Å². The van der Waals surface area contributed by atoms with E-state index >= 15 is 0 Å². The largest absolute Gasteiger partial charge is 0.306 e. The minimum absolute atomic E-state index is 0.764. The van der Waals surface area contributed by atoms with Crippen LogP contribution in [0.5, 0.6) is 0 Å². The molecule has 0 aliphatic carbocycles. The van der Waals surface area contributed by atoms with Gasteiger partial charge >= 0.3 is 0 Å². The van der Waals surface area contributed by atoms with E-state index in [-0.39, 0.29) is 0 Å². The van der Waals surface area contributed by atoms with Gasteiger partial charge in [-0.1, -0.05) is 6.08 Å². The van der Waals surface area contributed by atoms with E-state index in [1.165, 1.54) is 19.5 Å². The minimum Gasteiger partial charge on any atom is -0.306 e. The van der Waals surface area contributed by atoms with Crippen molar-refractivity contribution in [3.63, 3.8) is 0 Å². The van der Waals surface area contributed by atoms with E-state index in [0.29, 0.717) is 0 Å². The lowest BCUT2D eigenvalue weighted by atomic mass is 10.1. The molecule has 0 N–H and O–H groups in total. The molecule has 1 heteroatoms. The van der Waals surface area contributed by atoms with Gasteiger partial charge in [-0.15, -0.1) is 6.58 Å². The summed E-state index contributed by atoms with van der Waals surface area (Å²) in [5.41, 5.74) is 0. The van der Waals surface area contributed by atoms with Gasteiger partial charge in [-0.3, -0.25) is 0 Å². The topological polar surface area (TPSA) is 3.24 Å². The van der Waals surface area contributed by atoms with Crippen LogP contribution in [0.4, 0.5) is 0 Å². The summed E-state index contributed by atoms with van der Waals surface area (Å²) in [5.74, 6) is 0.764. The first kappa shape index (κ1) is 5.83. The van der Waals surface area contributed by atoms with Gasteiger partial charge < -0.3 is 4.90 Å². The molecule has 1 nitrogen and oxygen atoms in total. The Labute approximate surface area is 51.0 Å². The van der Waals surface area contributed by atoms with Crippen LogP contribution in [-0.2, 0) is 0 Å². The molecule has 0 radical (unpaired) electrons. The smallest absolute Gasteiger partial charge is 0.00417 e. The Morgan fingerprint density at radius 2 is 2.50 bits per heavy atom. The second-order valence-corrected chi connectivity index (χ2v) is 2.55. The lowest BCUT2D eigenvalue weighted by Gasteiger charge is -2.04. The highest BCUT2D eigenvalue weighted by molar-refractivity contribution is 4.85. The van der Waals surface area contributed by atoms with Crippen LogP contribution in [0.1, 0.15) is 6.42 Å². The lowest BCUT2D eigenvalue weighted by molar-refractivity contribution is 0.408. The lowest BCUT2D eigenvalue weighted by Crippen LogP contribution is -2.12. The zero-order valence-electron chi connectivity index (χ0n) is 5.43. The van der Waals surface area contributed by atoms with Crippen LogP contribution >= 0.6 is 0 Å². The number of nitrogens with zero attached hydrogens (tertiary/aromatic N) is 1. The zero-order chi connectivity index (χ0) is 5.98. The normalized spacial score (nSPS) is 30.9. The standard InChI is InChI=1S/C7H13N/c1-3-7-4-5-8(2)6-7/h3,7H,1,4-6H2,2H3. The molecular formula is C7H13N. The molecule has 0 aromatic rings. The third-order valence-electron chi connectivity index (χ3n) is 1.76. The fraction of sp³-hybridized carbons (Fsp3) is 0.714. The van der Waals surface area contributed by atoms with Crippen LogP contribution in [-0.4, -0.2) is 25.0 Å². The summed E-state index contributed by atoms with van der Waals surface area (Å²) in [6, 6.07) is 0. The number of rotatable bonds is 1. The van der Waals surface area contributed by atoms with E-state index in [4.69, 9.17) is 0 Å². The van der Waals surface area contributed by atoms with Gasteiger partial charge in [0, 0.05) is 6.54 Å². The van der Waals surface area contributed by atoms with E-state index in [2.05, 4.69) is 24.6 Å². The molecule has 1 aliphatic rings. The molecule has 0 aromatic carbocycles. The highest BCUT2D eigenvalue weighted by Crippen LogP contribution is 2.13. The summed E-state index contributed by atoms with van der Waals surface area (Å²) in [5, 5.41) is 0. The van der Waals surface area contributed by atoms with Gasteiger partial charge in [0.15, 0.2) is 0 Å². The van der Waals surface area contributed by atoms with E-state index < -0.39 is 0 Å². The predicted octanol–water partition coefficient (Wildman–Crippen LogP) is 1.12. The fourth-order valence-electron chi connectivity index (χ4n) is 1.16. The van der Waals surface area contributed by atoms with E-state index in [0.717, 1.165) is 5.92 Å². The van der Waals surface area contributed by atoms with Gasteiger partial charge in [0.2, 0.25) is 0 Å². The molecule has 0 aromatic heterocycles. The number of hydrogen-bond donors (Lipinski definition) is 0. The molecule has 1 atom stereocenters. The maximum absolute atomic E-state index is 3.75. The monoisotopic (exact) mass is 111 g/mol. The van der Waals surface area contributed by atoms with Crippen molar-refractivity contribution < 1.29 is 0 Å². The van der Waals surface area contributed by atoms with Crippen molar-refractivity contribution in [1.82, 2.24) is 4.90 Å². The third-order valence-corrected chi connectivity index (χ3v) is 1.76. The Balaban J connectivity index is 2.32. The van der Waals surface area contributed by atoms with Gasteiger partial charge in [-0.2, -0.15) is 0 Å². The van der Waals surface area contributed by atoms with Gasteiger partial charge in [0.1, 0.15) is 0 Å². The predicted molar refractivity (Wildman–Crippen MR) is 35.8 cm³/mol. The average molecular weight is 111 g/mol. The first-order valence-corrected chi connectivity index (χ1v) is 3.14. The summed E-state index contributed by atoms with van der Waals surface area (Å²) < 4.78 is 0. The molecule has 1 rings (SSSR count). The first-order chi connectivity index (χ1) is 3.83. The van der Waals surface area contributed by atoms with Gasteiger partial charge in [-0.25, -0.2) is 0 Å². The SMILES string of the molecule is C=CC1CCN(C)C1. The first-order valence-electron chi connectivity index (χ1n) is 3.14. The van der Waals surface area contributed by atoms with Crippen LogP contribution in [0, 0.1) is 5.92 Å². The third kappa shape index (κ3) is 1.10. The van der Waals surface area contributed by atoms with Crippen LogP contribution in [0.25, 0.3) is 0 Å².